The number of nitrogens with zero attached hydrogens (tertiary/aromatic N) is 1. The van der Waals surface area contributed by atoms with E-state index in [0.717, 1.165) is 11.6 Å². The van der Waals surface area contributed by atoms with Crippen molar-refractivity contribution in [1.29, 1.82) is 0 Å². The molecule has 11 heteroatoms. The average Bonchev–Trinajstić information content (AvgIpc) is 2.64. The van der Waals surface area contributed by atoms with E-state index in [1.807, 2.05) is 0 Å². The molecule has 31 heavy (non-hydrogen) atoms. The Morgan fingerprint density at radius 2 is 1.42 bits per heavy atom. The molecular weight excluding hydrogens is 410 g/mol. The highest BCUT2D eigenvalue weighted by Gasteiger charge is 2.26. The van der Waals surface area contributed by atoms with Gasteiger partial charge in [-0.1, -0.05) is 12.1 Å². The van der Waals surface area contributed by atoms with Crippen LogP contribution in [0.1, 0.15) is 45.7 Å². The molecule has 0 radical (unpaired) electrons. The Morgan fingerprint density at radius 3 is 1.87 bits per heavy atom. The van der Waals surface area contributed by atoms with Crippen molar-refractivity contribution in [2.24, 2.45) is 0 Å². The Balaban J connectivity index is 0.000000316. The normalized spacial score (nSPS) is 9.68. The van der Waals surface area contributed by atoms with Crippen LogP contribution in [0.3, 0.4) is 0 Å². The summed E-state index contributed by atoms with van der Waals surface area (Å²) < 4.78 is 0. The number of carboxylic acids is 2. The number of benzene rings is 2. The number of nitro groups is 1. The molecule has 0 fully saturated rings. The number of aromatic carboxylic acids is 2. The first-order valence-corrected chi connectivity index (χ1v) is 8.75. The van der Waals surface area contributed by atoms with Gasteiger partial charge in [0.05, 0.1) is 10.5 Å². The highest BCUT2D eigenvalue weighted by molar-refractivity contribution is 6.00. The van der Waals surface area contributed by atoms with E-state index in [0.29, 0.717) is 11.3 Å². The third-order valence-corrected chi connectivity index (χ3v) is 3.90. The molecule has 0 atom stereocenters. The number of rotatable bonds is 5. The zero-order valence-electron chi connectivity index (χ0n) is 17.2. The number of nitrogens with one attached hydrogen (secondary N) is 2. The van der Waals surface area contributed by atoms with Crippen molar-refractivity contribution in [2.75, 3.05) is 10.6 Å². The SMILES string of the molecule is CC(=O)Nc1c(C)ccc(C(=O)O)c1[N+](=O)[O-].CC(=O)Nc1cc(C(=O)O)ccc1C. The van der Waals surface area contributed by atoms with Crippen molar-refractivity contribution >= 4 is 40.8 Å². The third-order valence-electron chi connectivity index (χ3n) is 3.90. The monoisotopic (exact) mass is 431 g/mol. The molecule has 2 aromatic carbocycles. The summed E-state index contributed by atoms with van der Waals surface area (Å²) in [5.74, 6) is -3.13. The Labute approximate surface area is 176 Å². The minimum Gasteiger partial charge on any atom is -0.478 e. The van der Waals surface area contributed by atoms with Gasteiger partial charge in [0.15, 0.2) is 0 Å². The molecular formula is C20H21N3O8. The number of hydrogen-bond donors (Lipinski definition) is 4. The largest absolute Gasteiger partial charge is 0.478 e. The van der Waals surface area contributed by atoms with E-state index < -0.39 is 34.0 Å². The van der Waals surface area contributed by atoms with E-state index in [4.69, 9.17) is 10.2 Å². The number of amides is 2. The number of carboxylic acid groups (broad SMARTS) is 2. The van der Waals surface area contributed by atoms with Crippen LogP contribution in [0.25, 0.3) is 0 Å². The van der Waals surface area contributed by atoms with Crippen molar-refractivity contribution in [3.8, 4) is 0 Å². The zero-order chi connectivity index (χ0) is 23.9. The van der Waals surface area contributed by atoms with Gasteiger partial charge in [0, 0.05) is 19.5 Å². The quantitative estimate of drug-likeness (QED) is 0.412. The predicted octanol–water partition coefficient (Wildman–Crippen LogP) is 3.21. The fraction of sp³-hybridized carbons (Fsp3) is 0.200. The molecule has 0 saturated heterocycles. The fourth-order valence-electron chi connectivity index (χ4n) is 2.47. The molecule has 2 rings (SSSR count). The topological polar surface area (TPSA) is 176 Å². The summed E-state index contributed by atoms with van der Waals surface area (Å²) in [6.07, 6.45) is 0. The van der Waals surface area contributed by atoms with Crippen molar-refractivity contribution in [1.82, 2.24) is 0 Å². The van der Waals surface area contributed by atoms with Gasteiger partial charge in [0.2, 0.25) is 11.8 Å². The summed E-state index contributed by atoms with van der Waals surface area (Å²) in [6.45, 7) is 5.92. The number of anilines is 2. The van der Waals surface area contributed by atoms with E-state index in [9.17, 15) is 29.3 Å². The summed E-state index contributed by atoms with van der Waals surface area (Å²) in [7, 11) is 0. The smallest absolute Gasteiger partial charge is 0.342 e. The Morgan fingerprint density at radius 1 is 0.871 bits per heavy atom. The van der Waals surface area contributed by atoms with Crippen LogP contribution in [-0.2, 0) is 9.59 Å². The predicted molar refractivity (Wildman–Crippen MR) is 112 cm³/mol. The van der Waals surface area contributed by atoms with Gasteiger partial charge < -0.3 is 20.8 Å². The maximum atomic E-state index is 10.9. The highest BCUT2D eigenvalue weighted by atomic mass is 16.6. The van der Waals surface area contributed by atoms with E-state index >= 15 is 0 Å². The number of carbonyl (C=O) groups is 4. The molecule has 0 unspecified atom stereocenters. The molecule has 4 N–H and O–H groups in total. The van der Waals surface area contributed by atoms with Crippen LogP contribution in [-0.4, -0.2) is 38.9 Å². The molecule has 0 aliphatic heterocycles. The van der Waals surface area contributed by atoms with E-state index in [1.165, 1.54) is 32.0 Å². The average molecular weight is 431 g/mol. The Hall–Kier alpha value is -4.28. The summed E-state index contributed by atoms with van der Waals surface area (Å²) in [5.41, 5.74) is 0.832. The van der Waals surface area contributed by atoms with Crippen LogP contribution in [0, 0.1) is 24.0 Å². The molecule has 11 nitrogen and oxygen atoms in total. The highest BCUT2D eigenvalue weighted by Crippen LogP contribution is 2.32. The second-order valence-electron chi connectivity index (χ2n) is 6.41. The lowest BCUT2D eigenvalue weighted by molar-refractivity contribution is -0.384. The second-order valence-corrected chi connectivity index (χ2v) is 6.41. The molecule has 0 aromatic heterocycles. The van der Waals surface area contributed by atoms with Crippen molar-refractivity contribution in [3.05, 3.63) is 62.7 Å². The van der Waals surface area contributed by atoms with Gasteiger partial charge in [-0.15, -0.1) is 0 Å². The molecule has 0 aliphatic carbocycles. The molecule has 0 bridgehead atoms. The van der Waals surface area contributed by atoms with Gasteiger partial charge in [-0.3, -0.25) is 19.7 Å². The lowest BCUT2D eigenvalue weighted by Crippen LogP contribution is -2.12. The van der Waals surface area contributed by atoms with Gasteiger partial charge in [0.1, 0.15) is 11.3 Å². The first-order chi connectivity index (χ1) is 14.3. The van der Waals surface area contributed by atoms with Gasteiger partial charge in [-0.2, -0.15) is 0 Å². The van der Waals surface area contributed by atoms with E-state index in [-0.39, 0.29) is 17.2 Å². The summed E-state index contributed by atoms with van der Waals surface area (Å²) in [6, 6.07) is 7.15. The van der Waals surface area contributed by atoms with Gasteiger partial charge in [-0.05, 0) is 43.2 Å². The molecule has 2 aromatic rings. The first-order valence-electron chi connectivity index (χ1n) is 8.75. The fourth-order valence-corrected chi connectivity index (χ4v) is 2.47. The van der Waals surface area contributed by atoms with Crippen LogP contribution >= 0.6 is 0 Å². The van der Waals surface area contributed by atoms with Gasteiger partial charge >= 0.3 is 17.6 Å². The molecule has 2 amide bonds. The lowest BCUT2D eigenvalue weighted by Gasteiger charge is -2.08. The molecule has 164 valence electrons. The maximum absolute atomic E-state index is 10.9. The minimum absolute atomic E-state index is 0.0811. The van der Waals surface area contributed by atoms with E-state index in [2.05, 4.69) is 10.6 Å². The van der Waals surface area contributed by atoms with Gasteiger partial charge in [0.25, 0.3) is 0 Å². The zero-order valence-corrected chi connectivity index (χ0v) is 17.2. The Kier molecular flexibility index (Phi) is 8.37. The standard InChI is InChI=1S/C10H10N2O5.C10H11NO3/c1-5-3-4-7(10(14)15)9(12(16)17)8(5)11-6(2)13;1-6-3-4-8(10(13)14)5-9(6)11-7(2)12/h3-4H,1-2H3,(H,11,13)(H,14,15);3-5H,1-2H3,(H,11,12)(H,13,14). The maximum Gasteiger partial charge on any atom is 0.342 e. The number of nitro benzene ring substituents is 1. The van der Waals surface area contributed by atoms with Crippen LogP contribution in [0.4, 0.5) is 17.1 Å². The van der Waals surface area contributed by atoms with Crippen LogP contribution in [0.5, 0.6) is 0 Å². The van der Waals surface area contributed by atoms with Gasteiger partial charge in [-0.25, -0.2) is 9.59 Å². The number of aryl methyl sites for hydroxylation is 2. The van der Waals surface area contributed by atoms with Crippen LogP contribution in [0.2, 0.25) is 0 Å². The van der Waals surface area contributed by atoms with Crippen molar-refractivity contribution in [2.45, 2.75) is 27.7 Å². The second kappa shape index (κ2) is 10.5. The van der Waals surface area contributed by atoms with Crippen molar-refractivity contribution in [3.63, 3.8) is 0 Å². The Bertz CT molecular complexity index is 1060. The first kappa shape index (κ1) is 24.8. The number of carbonyl (C=O) groups excluding carboxylic acids is 2. The summed E-state index contributed by atoms with van der Waals surface area (Å²) >= 11 is 0. The van der Waals surface area contributed by atoms with Crippen LogP contribution < -0.4 is 10.6 Å². The van der Waals surface area contributed by atoms with E-state index in [1.54, 1.807) is 19.9 Å². The van der Waals surface area contributed by atoms with Crippen molar-refractivity contribution < 1.29 is 34.3 Å². The number of hydrogen-bond acceptors (Lipinski definition) is 6. The molecule has 0 saturated carbocycles. The third kappa shape index (κ3) is 6.92. The summed E-state index contributed by atoms with van der Waals surface area (Å²) in [5, 5.41) is 33.3. The van der Waals surface area contributed by atoms with Crippen LogP contribution in [0.15, 0.2) is 30.3 Å². The summed E-state index contributed by atoms with van der Waals surface area (Å²) in [4.78, 5) is 53.3. The minimum atomic E-state index is -1.41. The molecule has 0 spiro atoms. The molecule has 0 aliphatic rings. The molecule has 0 heterocycles. The lowest BCUT2D eigenvalue weighted by atomic mass is 10.1.